The molecule has 7 nitrogen and oxygen atoms in total. The maximum atomic E-state index is 13.1. The predicted molar refractivity (Wildman–Crippen MR) is 106 cm³/mol. The van der Waals surface area contributed by atoms with Crippen LogP contribution >= 0.6 is 0 Å². The zero-order valence-electron chi connectivity index (χ0n) is 16.3. The van der Waals surface area contributed by atoms with Gasteiger partial charge in [0, 0.05) is 24.2 Å². The fourth-order valence-corrected chi connectivity index (χ4v) is 3.37. The van der Waals surface area contributed by atoms with Gasteiger partial charge in [0.05, 0.1) is 11.0 Å². The molecule has 0 saturated carbocycles. The van der Waals surface area contributed by atoms with Crippen LogP contribution in [0.2, 0.25) is 0 Å². The molecule has 2 heterocycles. The molecule has 0 aliphatic carbocycles. The highest BCUT2D eigenvalue weighted by Gasteiger charge is 2.36. The first-order valence-corrected chi connectivity index (χ1v) is 8.96. The number of primary amides is 1. The van der Waals surface area contributed by atoms with Crippen LogP contribution in [0.3, 0.4) is 0 Å². The van der Waals surface area contributed by atoms with Crippen molar-refractivity contribution in [2.45, 2.75) is 32.0 Å². The second-order valence-corrected chi connectivity index (χ2v) is 7.59. The standard InChI is InChI=1S/C21H22FN3O4/c1-21(2,20(28)29)16-15(18(23)26)19(27)25(3)14-9-12(10-24-17(14)16)8-11-4-6-13(22)7-5-11/h4-7,9-10,20,28-29H,8H2,1-3H3,(H2,23,26). The van der Waals surface area contributed by atoms with Crippen LogP contribution in [0, 0.1) is 5.82 Å². The summed E-state index contributed by atoms with van der Waals surface area (Å²) in [7, 11) is 1.49. The average Bonchev–Trinajstić information content (AvgIpc) is 2.65. The molecule has 0 unspecified atom stereocenters. The summed E-state index contributed by atoms with van der Waals surface area (Å²) in [4.78, 5) is 29.3. The first-order chi connectivity index (χ1) is 13.5. The molecule has 0 aliphatic rings. The molecule has 3 aromatic rings. The summed E-state index contributed by atoms with van der Waals surface area (Å²) < 4.78 is 14.4. The number of aromatic nitrogens is 2. The minimum Gasteiger partial charge on any atom is -0.367 e. The summed E-state index contributed by atoms with van der Waals surface area (Å²) in [6, 6.07) is 7.78. The maximum absolute atomic E-state index is 13.1. The number of aliphatic hydroxyl groups excluding tert-OH is 1. The Morgan fingerprint density at radius 1 is 1.24 bits per heavy atom. The monoisotopic (exact) mass is 399 g/mol. The molecule has 29 heavy (non-hydrogen) atoms. The minimum atomic E-state index is -1.85. The molecular formula is C21H22FN3O4. The minimum absolute atomic E-state index is 0.0893. The van der Waals surface area contributed by atoms with E-state index in [1.807, 2.05) is 0 Å². The Bertz CT molecular complexity index is 1150. The molecule has 8 heteroatoms. The molecule has 0 radical (unpaired) electrons. The lowest BCUT2D eigenvalue weighted by Gasteiger charge is -2.30. The number of aliphatic hydroxyl groups is 2. The van der Waals surface area contributed by atoms with Crippen LogP contribution < -0.4 is 11.3 Å². The van der Waals surface area contributed by atoms with Crippen LogP contribution in [0.15, 0.2) is 41.3 Å². The van der Waals surface area contributed by atoms with Crippen molar-refractivity contribution in [1.82, 2.24) is 9.55 Å². The molecule has 2 aromatic heterocycles. The molecule has 0 aliphatic heterocycles. The van der Waals surface area contributed by atoms with Crippen LogP contribution in [-0.4, -0.2) is 32.0 Å². The molecule has 152 valence electrons. The van der Waals surface area contributed by atoms with Crippen LogP contribution in [0.25, 0.3) is 11.0 Å². The van der Waals surface area contributed by atoms with E-state index in [9.17, 15) is 24.2 Å². The number of carbonyl (C=O) groups excluding carboxylic acids is 1. The number of fused-ring (bicyclic) bond motifs is 1. The summed E-state index contributed by atoms with van der Waals surface area (Å²) >= 11 is 0. The lowest BCUT2D eigenvalue weighted by molar-refractivity contribution is -0.0888. The van der Waals surface area contributed by atoms with Gasteiger partial charge in [0.1, 0.15) is 11.4 Å². The van der Waals surface area contributed by atoms with Crippen molar-refractivity contribution in [1.29, 1.82) is 0 Å². The van der Waals surface area contributed by atoms with Gasteiger partial charge in [0.25, 0.3) is 11.5 Å². The number of benzene rings is 1. The van der Waals surface area contributed by atoms with Gasteiger partial charge >= 0.3 is 0 Å². The smallest absolute Gasteiger partial charge is 0.264 e. The number of hydrogen-bond acceptors (Lipinski definition) is 5. The summed E-state index contributed by atoms with van der Waals surface area (Å²) in [6.45, 7) is 2.98. The number of halogens is 1. The van der Waals surface area contributed by atoms with Crippen molar-refractivity contribution in [3.63, 3.8) is 0 Å². The van der Waals surface area contributed by atoms with Crippen LogP contribution in [0.5, 0.6) is 0 Å². The van der Waals surface area contributed by atoms with E-state index >= 15 is 0 Å². The van der Waals surface area contributed by atoms with Crippen molar-refractivity contribution in [2.75, 3.05) is 0 Å². The van der Waals surface area contributed by atoms with E-state index in [0.29, 0.717) is 11.9 Å². The number of nitrogens with two attached hydrogens (primary N) is 1. The largest absolute Gasteiger partial charge is 0.367 e. The zero-order valence-corrected chi connectivity index (χ0v) is 16.3. The lowest BCUT2D eigenvalue weighted by Crippen LogP contribution is -2.40. The molecule has 1 amide bonds. The van der Waals surface area contributed by atoms with Gasteiger partial charge in [-0.3, -0.25) is 14.6 Å². The van der Waals surface area contributed by atoms with E-state index in [4.69, 9.17) is 5.73 Å². The van der Waals surface area contributed by atoms with Crippen molar-refractivity contribution < 1.29 is 19.4 Å². The summed E-state index contributed by atoms with van der Waals surface area (Å²) in [5, 5.41) is 19.7. The van der Waals surface area contributed by atoms with E-state index in [1.54, 1.807) is 24.4 Å². The second-order valence-electron chi connectivity index (χ2n) is 7.59. The fraction of sp³-hybridized carbons (Fsp3) is 0.286. The first-order valence-electron chi connectivity index (χ1n) is 8.96. The highest BCUT2D eigenvalue weighted by Crippen LogP contribution is 2.33. The highest BCUT2D eigenvalue weighted by atomic mass is 19.1. The van der Waals surface area contributed by atoms with Crippen LogP contribution in [0.4, 0.5) is 4.39 Å². The molecule has 1 aromatic carbocycles. The van der Waals surface area contributed by atoms with Gasteiger partial charge in [0.15, 0.2) is 6.29 Å². The number of pyridine rings is 2. The second kappa shape index (κ2) is 7.38. The molecule has 0 spiro atoms. The lowest BCUT2D eigenvalue weighted by atomic mass is 9.80. The van der Waals surface area contributed by atoms with Crippen molar-refractivity contribution in [2.24, 2.45) is 12.8 Å². The Kier molecular flexibility index (Phi) is 5.25. The fourth-order valence-electron chi connectivity index (χ4n) is 3.37. The number of aryl methyl sites for hydroxylation is 1. The molecular weight excluding hydrogens is 377 g/mol. The third-order valence-electron chi connectivity index (χ3n) is 5.15. The molecule has 4 N–H and O–H groups in total. The van der Waals surface area contributed by atoms with E-state index in [-0.39, 0.29) is 22.5 Å². The summed E-state index contributed by atoms with van der Waals surface area (Å²) in [5.74, 6) is -1.30. The zero-order chi connectivity index (χ0) is 21.5. The van der Waals surface area contributed by atoms with Gasteiger partial charge < -0.3 is 20.5 Å². The van der Waals surface area contributed by atoms with Crippen molar-refractivity contribution >= 4 is 16.9 Å². The van der Waals surface area contributed by atoms with Gasteiger partial charge in [-0.25, -0.2) is 4.39 Å². The van der Waals surface area contributed by atoms with Gasteiger partial charge in [-0.05, 0) is 35.7 Å². The molecule has 0 bridgehead atoms. The van der Waals surface area contributed by atoms with Gasteiger partial charge in [-0.2, -0.15) is 0 Å². The molecule has 3 rings (SSSR count). The van der Waals surface area contributed by atoms with E-state index in [0.717, 1.165) is 11.1 Å². The average molecular weight is 399 g/mol. The Balaban J connectivity index is 2.27. The van der Waals surface area contributed by atoms with E-state index in [2.05, 4.69) is 4.98 Å². The molecule has 0 fully saturated rings. The SMILES string of the molecule is Cn1c(=O)c(C(N)=O)c(C(C)(C)C(O)O)c2ncc(Cc3ccc(F)cc3)cc21. The number of nitrogens with zero attached hydrogens (tertiary/aromatic N) is 2. The predicted octanol–water partition coefficient (Wildman–Crippen LogP) is 1.35. The Morgan fingerprint density at radius 2 is 1.86 bits per heavy atom. The third kappa shape index (κ3) is 3.64. The topological polar surface area (TPSA) is 118 Å². The summed E-state index contributed by atoms with van der Waals surface area (Å²) in [5.41, 5.74) is 5.51. The Hall–Kier alpha value is -3.10. The van der Waals surface area contributed by atoms with Gasteiger partial charge in [-0.1, -0.05) is 26.0 Å². The van der Waals surface area contributed by atoms with Gasteiger partial charge in [-0.15, -0.1) is 0 Å². The number of carbonyl (C=O) groups is 1. The Morgan fingerprint density at radius 3 is 2.41 bits per heavy atom. The Labute approximate surface area is 166 Å². The quantitative estimate of drug-likeness (QED) is 0.560. The number of amides is 1. The van der Waals surface area contributed by atoms with Crippen LogP contribution in [-0.2, 0) is 18.9 Å². The normalized spacial score (nSPS) is 12.0. The van der Waals surface area contributed by atoms with Crippen LogP contribution in [0.1, 0.15) is 40.9 Å². The maximum Gasteiger partial charge on any atom is 0.264 e. The third-order valence-corrected chi connectivity index (χ3v) is 5.15. The summed E-state index contributed by atoms with van der Waals surface area (Å²) in [6.07, 6.45) is 0.178. The highest BCUT2D eigenvalue weighted by molar-refractivity contribution is 5.99. The van der Waals surface area contributed by atoms with Crippen molar-refractivity contribution in [3.05, 3.63) is 75.0 Å². The van der Waals surface area contributed by atoms with E-state index in [1.165, 1.54) is 37.6 Å². The number of hydrogen-bond donors (Lipinski definition) is 3. The van der Waals surface area contributed by atoms with Gasteiger partial charge in [0.2, 0.25) is 0 Å². The first kappa shape index (κ1) is 20.6. The molecule has 0 atom stereocenters. The van der Waals surface area contributed by atoms with E-state index < -0.39 is 23.2 Å². The van der Waals surface area contributed by atoms with Crippen molar-refractivity contribution in [3.8, 4) is 0 Å². The molecule has 0 saturated heterocycles. The number of rotatable bonds is 5.